The van der Waals surface area contributed by atoms with E-state index < -0.39 is 5.97 Å². The molecule has 0 atom stereocenters. The van der Waals surface area contributed by atoms with Gasteiger partial charge >= 0.3 is 5.97 Å². The Bertz CT molecular complexity index is 892. The fourth-order valence-electron chi connectivity index (χ4n) is 2.43. The largest absolute Gasteiger partial charge is 0.462 e. The van der Waals surface area contributed by atoms with Crippen molar-refractivity contribution < 1.29 is 9.53 Å². The molecule has 6 heteroatoms. The average Bonchev–Trinajstić information content (AvgIpc) is 2.88. The van der Waals surface area contributed by atoms with E-state index in [9.17, 15) is 9.59 Å². The van der Waals surface area contributed by atoms with Gasteiger partial charge in [-0.25, -0.2) is 14.3 Å². The maximum atomic E-state index is 12.5. The number of aromatic nitrogens is 3. The van der Waals surface area contributed by atoms with Gasteiger partial charge in [0, 0.05) is 24.3 Å². The molecule has 3 aromatic heterocycles. The Morgan fingerprint density at radius 2 is 2.19 bits per heavy atom. The van der Waals surface area contributed by atoms with Crippen molar-refractivity contribution in [3.63, 3.8) is 0 Å². The highest BCUT2D eigenvalue weighted by atomic mass is 16.5. The Labute approximate surface area is 120 Å². The van der Waals surface area contributed by atoms with Crippen molar-refractivity contribution >= 4 is 22.5 Å². The molecular formula is C15H15N3O3. The number of fused-ring (bicyclic) bond motifs is 3. The smallest absolute Gasteiger partial charge is 0.343 e. The summed E-state index contributed by atoms with van der Waals surface area (Å²) in [5, 5.41) is 0.859. The molecule has 0 aromatic carbocycles. The van der Waals surface area contributed by atoms with Crippen molar-refractivity contribution in [1.29, 1.82) is 0 Å². The number of carbonyl (C=O) groups is 1. The van der Waals surface area contributed by atoms with Crippen LogP contribution < -0.4 is 5.43 Å². The van der Waals surface area contributed by atoms with E-state index >= 15 is 0 Å². The number of ether oxygens (including phenoxy) is 1. The van der Waals surface area contributed by atoms with Gasteiger partial charge in [0.15, 0.2) is 5.65 Å². The highest BCUT2D eigenvalue weighted by Crippen LogP contribution is 2.16. The molecule has 108 valence electrons. The summed E-state index contributed by atoms with van der Waals surface area (Å²) in [5.74, 6) is -0.592. The van der Waals surface area contributed by atoms with Crippen LogP contribution in [0.3, 0.4) is 0 Å². The van der Waals surface area contributed by atoms with E-state index in [1.54, 1.807) is 28.4 Å². The Balaban J connectivity index is 2.41. The molecule has 0 radical (unpaired) electrons. The van der Waals surface area contributed by atoms with Gasteiger partial charge < -0.3 is 4.74 Å². The molecule has 0 unspecified atom stereocenters. The van der Waals surface area contributed by atoms with Gasteiger partial charge in [-0.05, 0) is 32.0 Å². The molecule has 3 heterocycles. The van der Waals surface area contributed by atoms with Crippen LogP contribution in [-0.4, -0.2) is 26.8 Å². The second-order valence-electron chi connectivity index (χ2n) is 4.61. The topological polar surface area (TPSA) is 65.6 Å². The quantitative estimate of drug-likeness (QED) is 0.689. The Morgan fingerprint density at radius 1 is 1.38 bits per heavy atom. The van der Waals surface area contributed by atoms with Crippen LogP contribution in [0, 0.1) is 0 Å². The molecule has 21 heavy (non-hydrogen) atoms. The first-order valence-electron chi connectivity index (χ1n) is 6.84. The molecule has 0 fully saturated rings. The molecule has 0 amide bonds. The van der Waals surface area contributed by atoms with Crippen molar-refractivity contribution in [1.82, 2.24) is 14.2 Å². The lowest BCUT2D eigenvalue weighted by Crippen LogP contribution is -2.24. The summed E-state index contributed by atoms with van der Waals surface area (Å²) in [4.78, 5) is 28.8. The molecular weight excluding hydrogens is 270 g/mol. The average molecular weight is 285 g/mol. The van der Waals surface area contributed by atoms with Crippen molar-refractivity contribution in [2.45, 2.75) is 20.4 Å². The van der Waals surface area contributed by atoms with E-state index in [0.29, 0.717) is 17.7 Å². The molecule has 0 aliphatic carbocycles. The summed E-state index contributed by atoms with van der Waals surface area (Å²) in [6.45, 7) is 4.49. The van der Waals surface area contributed by atoms with Crippen LogP contribution in [0.2, 0.25) is 0 Å². The second-order valence-corrected chi connectivity index (χ2v) is 4.61. The van der Waals surface area contributed by atoms with Gasteiger partial charge in [-0.15, -0.1) is 0 Å². The van der Waals surface area contributed by atoms with Crippen molar-refractivity contribution in [3.8, 4) is 0 Å². The van der Waals surface area contributed by atoms with Gasteiger partial charge in [0.2, 0.25) is 5.43 Å². The van der Waals surface area contributed by atoms with Crippen molar-refractivity contribution in [2.24, 2.45) is 0 Å². The first kappa shape index (κ1) is 13.4. The van der Waals surface area contributed by atoms with E-state index in [-0.39, 0.29) is 17.6 Å². The first-order chi connectivity index (χ1) is 10.2. The summed E-state index contributed by atoms with van der Waals surface area (Å²) < 4.78 is 8.48. The minimum Gasteiger partial charge on any atom is -0.462 e. The van der Waals surface area contributed by atoms with Gasteiger partial charge in [-0.3, -0.25) is 9.48 Å². The van der Waals surface area contributed by atoms with Crippen LogP contribution in [0.4, 0.5) is 0 Å². The van der Waals surface area contributed by atoms with Gasteiger partial charge in [0.05, 0.1) is 6.61 Å². The summed E-state index contributed by atoms with van der Waals surface area (Å²) >= 11 is 0. The fourth-order valence-corrected chi connectivity index (χ4v) is 2.43. The van der Waals surface area contributed by atoms with Crippen LogP contribution in [-0.2, 0) is 11.3 Å². The summed E-state index contributed by atoms with van der Waals surface area (Å²) in [6, 6.07) is 5.45. The van der Waals surface area contributed by atoms with Crippen LogP contribution >= 0.6 is 0 Å². The zero-order valence-electron chi connectivity index (χ0n) is 11.9. The zero-order chi connectivity index (χ0) is 15.0. The van der Waals surface area contributed by atoms with E-state index in [1.807, 2.05) is 19.1 Å². The van der Waals surface area contributed by atoms with E-state index in [4.69, 9.17) is 4.74 Å². The molecule has 0 saturated carbocycles. The van der Waals surface area contributed by atoms with Crippen LogP contribution in [0.5, 0.6) is 0 Å². The maximum Gasteiger partial charge on any atom is 0.343 e. The number of rotatable bonds is 3. The second kappa shape index (κ2) is 5.05. The molecule has 3 aromatic rings. The third-order valence-corrected chi connectivity index (χ3v) is 3.37. The number of hydrogen-bond acceptors (Lipinski definition) is 4. The van der Waals surface area contributed by atoms with E-state index in [1.165, 1.54) is 6.20 Å². The van der Waals surface area contributed by atoms with Crippen LogP contribution in [0.25, 0.3) is 16.6 Å². The molecule has 6 nitrogen and oxygen atoms in total. The lowest BCUT2D eigenvalue weighted by molar-refractivity contribution is 0.0523. The van der Waals surface area contributed by atoms with Crippen molar-refractivity contribution in [2.75, 3.05) is 6.61 Å². The van der Waals surface area contributed by atoms with Crippen molar-refractivity contribution in [3.05, 3.63) is 46.4 Å². The number of aryl methyl sites for hydroxylation is 1. The predicted molar refractivity (Wildman–Crippen MR) is 78.6 cm³/mol. The molecule has 0 spiro atoms. The van der Waals surface area contributed by atoms with E-state index in [2.05, 4.69) is 4.98 Å². The molecule has 0 aliphatic heterocycles. The number of carbonyl (C=O) groups excluding carboxylic acids is 1. The fraction of sp³-hybridized carbons (Fsp3) is 0.267. The highest BCUT2D eigenvalue weighted by molar-refractivity contribution is 5.92. The van der Waals surface area contributed by atoms with Crippen LogP contribution in [0.1, 0.15) is 24.2 Å². The Morgan fingerprint density at radius 3 is 2.90 bits per heavy atom. The third kappa shape index (κ3) is 1.99. The normalized spacial score (nSPS) is 11.1. The number of pyridine rings is 1. The molecule has 0 bridgehead atoms. The van der Waals surface area contributed by atoms with Gasteiger partial charge in [-0.2, -0.15) is 0 Å². The van der Waals surface area contributed by atoms with Gasteiger partial charge in [0.1, 0.15) is 11.1 Å². The highest BCUT2D eigenvalue weighted by Gasteiger charge is 2.18. The lowest BCUT2D eigenvalue weighted by Gasteiger charge is -2.11. The minimum absolute atomic E-state index is 0.0500. The number of hydrogen-bond donors (Lipinski definition) is 0. The summed E-state index contributed by atoms with van der Waals surface area (Å²) in [5.41, 5.74) is 0.836. The lowest BCUT2D eigenvalue weighted by atomic mass is 10.2. The number of nitrogens with zero attached hydrogens (tertiary/aromatic N) is 3. The maximum absolute atomic E-state index is 12.5. The molecule has 0 aliphatic rings. The first-order valence-corrected chi connectivity index (χ1v) is 6.84. The molecule has 0 saturated heterocycles. The third-order valence-electron chi connectivity index (χ3n) is 3.37. The summed E-state index contributed by atoms with van der Waals surface area (Å²) in [6.07, 6.45) is 3.21. The SMILES string of the molecule is CCOC(=O)c1cn(CC)n2c(cc3cccnc32)c1=O. The predicted octanol–water partition coefficient (Wildman–Crippen LogP) is 1.85. The Kier molecular flexibility index (Phi) is 3.21. The number of esters is 1. The van der Waals surface area contributed by atoms with Gasteiger partial charge in [0.25, 0.3) is 0 Å². The zero-order valence-corrected chi connectivity index (χ0v) is 11.9. The summed E-state index contributed by atoms with van der Waals surface area (Å²) in [7, 11) is 0. The Hall–Kier alpha value is -2.63. The molecule has 0 N–H and O–H groups in total. The standard InChI is InChI=1S/C15H15N3O3/c1-3-17-9-11(15(20)21-4-2)13(19)12-8-10-6-5-7-16-14(10)18(12)17/h5-9H,3-4H2,1-2H3. The molecule has 3 rings (SSSR count). The van der Waals surface area contributed by atoms with E-state index in [0.717, 1.165) is 5.39 Å². The monoisotopic (exact) mass is 285 g/mol. The minimum atomic E-state index is -0.592. The van der Waals surface area contributed by atoms with Crippen LogP contribution in [0.15, 0.2) is 35.4 Å². The van der Waals surface area contributed by atoms with Gasteiger partial charge in [-0.1, -0.05) is 0 Å².